The quantitative estimate of drug-likeness (QED) is 0.318. The number of ether oxygens (including phenoxy) is 1. The average Bonchev–Trinajstić information content (AvgIpc) is 2.77. The molecule has 2 rings (SSSR count). The van der Waals surface area contributed by atoms with Crippen LogP contribution in [-0.4, -0.2) is 46.8 Å². The zero-order valence-corrected chi connectivity index (χ0v) is 12.1. The Morgan fingerprint density at radius 2 is 2.16 bits per heavy atom. The molecule has 0 aromatic rings. The SMILES string of the molecule is CCCCCC(=O)[C@@H]1C(=O)N2[C@H](C(=O)OC)CS[C@@H]12. The molecule has 2 aliphatic rings. The minimum Gasteiger partial charge on any atom is -0.467 e. The van der Waals surface area contributed by atoms with Crippen molar-refractivity contribution in [2.75, 3.05) is 12.9 Å². The van der Waals surface area contributed by atoms with E-state index in [2.05, 4.69) is 11.7 Å². The lowest BCUT2D eigenvalue weighted by molar-refractivity contribution is -0.165. The first kappa shape index (κ1) is 14.4. The molecule has 1 amide bonds. The second-order valence-corrected chi connectivity index (χ2v) is 6.06. The molecule has 0 aliphatic carbocycles. The van der Waals surface area contributed by atoms with Crippen molar-refractivity contribution in [1.82, 2.24) is 4.90 Å². The van der Waals surface area contributed by atoms with Gasteiger partial charge in [-0.1, -0.05) is 19.8 Å². The monoisotopic (exact) mass is 285 g/mol. The minimum absolute atomic E-state index is 0.0257. The highest BCUT2D eigenvalue weighted by atomic mass is 32.2. The number of hydrogen-bond donors (Lipinski definition) is 0. The smallest absolute Gasteiger partial charge is 0.329 e. The van der Waals surface area contributed by atoms with E-state index < -0.39 is 12.0 Å². The van der Waals surface area contributed by atoms with E-state index in [4.69, 9.17) is 0 Å². The number of methoxy groups -OCH3 is 1. The van der Waals surface area contributed by atoms with Gasteiger partial charge >= 0.3 is 5.97 Å². The number of rotatable bonds is 6. The molecule has 19 heavy (non-hydrogen) atoms. The van der Waals surface area contributed by atoms with Crippen LogP contribution in [0.3, 0.4) is 0 Å². The van der Waals surface area contributed by atoms with Crippen molar-refractivity contribution in [1.29, 1.82) is 0 Å². The summed E-state index contributed by atoms with van der Waals surface area (Å²) in [6.45, 7) is 2.08. The normalized spacial score (nSPS) is 28.8. The fourth-order valence-electron chi connectivity index (χ4n) is 2.58. The number of β-lactam (4-membered cyclic amide) rings is 1. The van der Waals surface area contributed by atoms with E-state index in [1.165, 1.54) is 23.8 Å². The summed E-state index contributed by atoms with van der Waals surface area (Å²) in [6, 6.07) is -0.507. The van der Waals surface area contributed by atoms with Crippen molar-refractivity contribution in [2.24, 2.45) is 5.92 Å². The Hall–Kier alpha value is -1.04. The molecular weight excluding hydrogens is 266 g/mol. The van der Waals surface area contributed by atoms with Crippen molar-refractivity contribution in [3.8, 4) is 0 Å². The number of Topliss-reactive ketones (excluding diaryl/α,β-unsaturated/α-hetero) is 1. The summed E-state index contributed by atoms with van der Waals surface area (Å²) in [5.74, 6) is -0.566. The lowest BCUT2D eigenvalue weighted by Gasteiger charge is -2.42. The van der Waals surface area contributed by atoms with E-state index in [-0.39, 0.29) is 23.0 Å². The van der Waals surface area contributed by atoms with Gasteiger partial charge in [0.1, 0.15) is 17.7 Å². The number of fused-ring (bicyclic) bond motifs is 1. The van der Waals surface area contributed by atoms with Crippen LogP contribution in [0.5, 0.6) is 0 Å². The van der Waals surface area contributed by atoms with E-state index in [1.54, 1.807) is 0 Å². The van der Waals surface area contributed by atoms with Gasteiger partial charge in [-0.3, -0.25) is 9.59 Å². The highest BCUT2D eigenvalue weighted by molar-refractivity contribution is 8.00. The molecule has 106 valence electrons. The molecule has 3 atom stereocenters. The second-order valence-electron chi connectivity index (χ2n) is 4.91. The first-order valence-electron chi connectivity index (χ1n) is 6.66. The summed E-state index contributed by atoms with van der Waals surface area (Å²) in [7, 11) is 1.32. The molecule has 0 aromatic carbocycles. The summed E-state index contributed by atoms with van der Waals surface area (Å²) < 4.78 is 4.68. The van der Waals surface area contributed by atoms with Gasteiger partial charge in [0.05, 0.1) is 12.5 Å². The van der Waals surface area contributed by atoms with Crippen LogP contribution in [0.1, 0.15) is 32.6 Å². The number of unbranched alkanes of at least 4 members (excludes halogenated alkanes) is 2. The lowest BCUT2D eigenvalue weighted by Crippen LogP contribution is -2.63. The number of carbonyl (C=O) groups excluding carboxylic acids is 3. The maximum absolute atomic E-state index is 12.0. The van der Waals surface area contributed by atoms with Crippen molar-refractivity contribution in [2.45, 2.75) is 44.0 Å². The molecule has 6 heteroatoms. The molecule has 2 aliphatic heterocycles. The first-order chi connectivity index (χ1) is 9.11. The Bertz CT molecular complexity index is 398. The fraction of sp³-hybridized carbons (Fsp3) is 0.769. The van der Waals surface area contributed by atoms with Crippen LogP contribution in [0.4, 0.5) is 0 Å². The second kappa shape index (κ2) is 5.94. The van der Waals surface area contributed by atoms with Crippen LogP contribution in [0.25, 0.3) is 0 Å². The van der Waals surface area contributed by atoms with E-state index in [9.17, 15) is 14.4 Å². The number of ketones is 1. The highest BCUT2D eigenvalue weighted by Crippen LogP contribution is 2.44. The van der Waals surface area contributed by atoms with Crippen LogP contribution >= 0.6 is 11.8 Å². The van der Waals surface area contributed by atoms with Crippen molar-refractivity contribution in [3.63, 3.8) is 0 Å². The molecule has 0 spiro atoms. The number of hydrogen-bond acceptors (Lipinski definition) is 5. The third-order valence-electron chi connectivity index (χ3n) is 3.69. The fourth-order valence-corrected chi connectivity index (χ4v) is 4.13. The third-order valence-corrected chi connectivity index (χ3v) is 5.04. The van der Waals surface area contributed by atoms with Gasteiger partial charge in [-0.2, -0.15) is 0 Å². The number of esters is 1. The summed E-state index contributed by atoms with van der Waals surface area (Å²) in [6.07, 6.45) is 3.38. The topological polar surface area (TPSA) is 63.7 Å². The maximum atomic E-state index is 12.0. The molecule has 0 aromatic heterocycles. The van der Waals surface area contributed by atoms with Gasteiger partial charge in [0.15, 0.2) is 0 Å². The first-order valence-corrected chi connectivity index (χ1v) is 7.71. The third kappa shape index (κ3) is 2.50. The molecular formula is C13H19NO4S. The molecule has 0 N–H and O–H groups in total. The number of amides is 1. The van der Waals surface area contributed by atoms with Gasteiger partial charge in [-0.15, -0.1) is 11.8 Å². The molecule has 2 heterocycles. The molecule has 2 saturated heterocycles. The Morgan fingerprint density at radius 1 is 1.42 bits per heavy atom. The molecule has 5 nitrogen and oxygen atoms in total. The lowest BCUT2D eigenvalue weighted by atomic mass is 9.89. The standard InChI is InChI=1S/C13H19NO4S/c1-3-4-5-6-9(15)10-11(16)14-8(13(17)18-2)7-19-12(10)14/h8,10,12H,3-7H2,1-2H3/t8-,10+,12-/m0/s1. The van der Waals surface area contributed by atoms with E-state index in [0.717, 1.165) is 19.3 Å². The van der Waals surface area contributed by atoms with Crippen LogP contribution in [0.2, 0.25) is 0 Å². The number of thioether (sulfide) groups is 1. The minimum atomic E-state index is -0.531. The number of nitrogens with zero attached hydrogens (tertiary/aromatic N) is 1. The Morgan fingerprint density at radius 3 is 2.79 bits per heavy atom. The zero-order chi connectivity index (χ0) is 14.0. The average molecular weight is 285 g/mol. The van der Waals surface area contributed by atoms with Gasteiger partial charge in [0.25, 0.3) is 0 Å². The van der Waals surface area contributed by atoms with Gasteiger partial charge in [0.2, 0.25) is 5.91 Å². The van der Waals surface area contributed by atoms with E-state index >= 15 is 0 Å². The molecule has 0 bridgehead atoms. The van der Waals surface area contributed by atoms with Crippen molar-refractivity contribution >= 4 is 29.4 Å². The van der Waals surface area contributed by atoms with Gasteiger partial charge in [-0.25, -0.2) is 4.79 Å². The predicted octanol–water partition coefficient (Wildman–Crippen LogP) is 1.21. The molecule has 2 fully saturated rings. The Labute approximate surface area is 117 Å². The van der Waals surface area contributed by atoms with Crippen LogP contribution < -0.4 is 0 Å². The molecule has 0 saturated carbocycles. The Balaban J connectivity index is 1.93. The largest absolute Gasteiger partial charge is 0.467 e. The van der Waals surface area contributed by atoms with Gasteiger partial charge < -0.3 is 9.64 Å². The summed E-state index contributed by atoms with van der Waals surface area (Å²) in [4.78, 5) is 37.1. The van der Waals surface area contributed by atoms with E-state index in [1.807, 2.05) is 0 Å². The molecule has 0 radical (unpaired) electrons. The Kier molecular flexibility index (Phi) is 4.50. The van der Waals surface area contributed by atoms with Gasteiger partial charge in [0, 0.05) is 12.2 Å². The van der Waals surface area contributed by atoms with Crippen molar-refractivity contribution < 1.29 is 19.1 Å². The van der Waals surface area contributed by atoms with Crippen LogP contribution in [-0.2, 0) is 19.1 Å². The van der Waals surface area contributed by atoms with E-state index in [0.29, 0.717) is 12.2 Å². The molecule has 0 unspecified atom stereocenters. The summed E-state index contributed by atoms with van der Waals surface area (Å²) in [5, 5.41) is -0.147. The van der Waals surface area contributed by atoms with Crippen LogP contribution in [0, 0.1) is 5.92 Å². The zero-order valence-electron chi connectivity index (χ0n) is 11.3. The van der Waals surface area contributed by atoms with Crippen molar-refractivity contribution in [3.05, 3.63) is 0 Å². The summed E-state index contributed by atoms with van der Waals surface area (Å²) >= 11 is 1.51. The number of carbonyl (C=O) groups is 3. The predicted molar refractivity (Wildman–Crippen MR) is 71.5 cm³/mol. The van der Waals surface area contributed by atoms with Gasteiger partial charge in [-0.05, 0) is 6.42 Å². The highest BCUT2D eigenvalue weighted by Gasteiger charge is 2.59. The maximum Gasteiger partial charge on any atom is 0.329 e. The summed E-state index contributed by atoms with van der Waals surface area (Å²) in [5.41, 5.74) is 0. The van der Waals surface area contributed by atoms with Crippen LogP contribution in [0.15, 0.2) is 0 Å².